The number of halogens is 2. The molecule has 4 heteroatoms. The third kappa shape index (κ3) is 4.02. The van der Waals surface area contributed by atoms with Gasteiger partial charge in [0.15, 0.2) is 0 Å². The molecule has 0 aliphatic rings. The summed E-state index contributed by atoms with van der Waals surface area (Å²) in [7, 11) is 0. The van der Waals surface area contributed by atoms with Crippen molar-refractivity contribution in [1.82, 2.24) is 10.3 Å². The van der Waals surface area contributed by atoms with E-state index in [0.717, 1.165) is 18.5 Å². The summed E-state index contributed by atoms with van der Waals surface area (Å²) in [6.07, 6.45) is 4.62. The Morgan fingerprint density at radius 3 is 2.52 bits per heavy atom. The fourth-order valence-electron chi connectivity index (χ4n) is 2.45. The highest BCUT2D eigenvalue weighted by molar-refractivity contribution is 6.30. The van der Waals surface area contributed by atoms with Crippen molar-refractivity contribution in [3.05, 3.63) is 64.7 Å². The Bertz CT molecular complexity index is 574. The molecule has 0 radical (unpaired) electrons. The van der Waals surface area contributed by atoms with Gasteiger partial charge < -0.3 is 5.32 Å². The molecule has 2 rings (SSSR count). The van der Waals surface area contributed by atoms with E-state index in [-0.39, 0.29) is 22.8 Å². The summed E-state index contributed by atoms with van der Waals surface area (Å²) >= 11 is 5.93. The zero-order valence-electron chi connectivity index (χ0n) is 12.3. The van der Waals surface area contributed by atoms with Gasteiger partial charge in [-0.2, -0.15) is 0 Å². The van der Waals surface area contributed by atoms with Crippen LogP contribution in [0.5, 0.6) is 0 Å². The van der Waals surface area contributed by atoms with Crippen LogP contribution in [0.1, 0.15) is 43.4 Å². The van der Waals surface area contributed by atoms with Crippen LogP contribution >= 0.6 is 11.6 Å². The Hall–Kier alpha value is -1.45. The highest BCUT2D eigenvalue weighted by Gasteiger charge is 2.21. The van der Waals surface area contributed by atoms with Gasteiger partial charge in [-0.1, -0.05) is 31.5 Å². The molecule has 1 aromatic carbocycles. The number of benzene rings is 1. The molecule has 1 aromatic heterocycles. The number of rotatable bonds is 6. The van der Waals surface area contributed by atoms with Crippen molar-refractivity contribution in [2.75, 3.05) is 6.54 Å². The summed E-state index contributed by atoms with van der Waals surface area (Å²) in [5.41, 5.74) is 2.19. The molecule has 0 bridgehead atoms. The number of hydrogen-bond donors (Lipinski definition) is 1. The average molecular weight is 307 g/mol. The van der Waals surface area contributed by atoms with E-state index in [2.05, 4.69) is 24.1 Å². The Labute approximate surface area is 130 Å². The quantitative estimate of drug-likeness (QED) is 0.835. The van der Waals surface area contributed by atoms with Crippen molar-refractivity contribution >= 4 is 11.6 Å². The van der Waals surface area contributed by atoms with Crippen molar-refractivity contribution in [3.8, 4) is 0 Å². The number of pyridine rings is 1. The molecule has 0 aliphatic heterocycles. The lowest BCUT2D eigenvalue weighted by molar-refractivity contribution is 0.465. The molecule has 1 N–H and O–H groups in total. The molecule has 0 saturated carbocycles. The van der Waals surface area contributed by atoms with E-state index in [4.69, 9.17) is 11.6 Å². The molecule has 0 spiro atoms. The first kappa shape index (κ1) is 15.9. The Morgan fingerprint density at radius 2 is 1.90 bits per heavy atom. The molecule has 0 saturated heterocycles. The van der Waals surface area contributed by atoms with E-state index in [1.54, 1.807) is 24.5 Å². The summed E-state index contributed by atoms with van der Waals surface area (Å²) in [5, 5.41) is 3.69. The molecular weight excluding hydrogens is 287 g/mol. The number of nitrogens with one attached hydrogen (secondary N) is 1. The molecule has 2 aromatic rings. The van der Waals surface area contributed by atoms with Crippen LogP contribution in [-0.4, -0.2) is 11.5 Å². The third-order valence-electron chi connectivity index (χ3n) is 3.65. The fourth-order valence-corrected chi connectivity index (χ4v) is 2.64. The lowest BCUT2D eigenvalue weighted by Crippen LogP contribution is -2.26. The second kappa shape index (κ2) is 7.53. The van der Waals surface area contributed by atoms with Crippen molar-refractivity contribution < 1.29 is 4.39 Å². The molecule has 2 unspecified atom stereocenters. The molecule has 112 valence electrons. The first-order valence-electron chi connectivity index (χ1n) is 7.21. The lowest BCUT2D eigenvalue weighted by atomic mass is 9.89. The highest BCUT2D eigenvalue weighted by Crippen LogP contribution is 2.32. The SMILES string of the molecule is CCCNC(c1ccc(F)c(Cl)c1)C(C)c1ccncc1. The van der Waals surface area contributed by atoms with Gasteiger partial charge in [0.25, 0.3) is 0 Å². The zero-order valence-corrected chi connectivity index (χ0v) is 13.1. The van der Waals surface area contributed by atoms with Crippen LogP contribution in [0.3, 0.4) is 0 Å². The van der Waals surface area contributed by atoms with Gasteiger partial charge in [0.1, 0.15) is 5.82 Å². The van der Waals surface area contributed by atoms with Crippen LogP contribution < -0.4 is 5.32 Å². The Kier molecular flexibility index (Phi) is 5.71. The van der Waals surface area contributed by atoms with Gasteiger partial charge in [-0.3, -0.25) is 4.98 Å². The normalized spacial score (nSPS) is 13.9. The van der Waals surface area contributed by atoms with Gasteiger partial charge in [0.2, 0.25) is 0 Å². The van der Waals surface area contributed by atoms with E-state index < -0.39 is 0 Å². The second-order valence-corrected chi connectivity index (χ2v) is 5.58. The van der Waals surface area contributed by atoms with Gasteiger partial charge in [0.05, 0.1) is 5.02 Å². The topological polar surface area (TPSA) is 24.9 Å². The van der Waals surface area contributed by atoms with Gasteiger partial charge >= 0.3 is 0 Å². The maximum absolute atomic E-state index is 13.4. The maximum atomic E-state index is 13.4. The minimum Gasteiger partial charge on any atom is -0.309 e. The summed E-state index contributed by atoms with van der Waals surface area (Å²) in [6, 6.07) is 9.05. The fraction of sp³-hybridized carbons (Fsp3) is 0.353. The first-order chi connectivity index (χ1) is 10.1. The predicted octanol–water partition coefficient (Wildman–Crippen LogP) is 4.72. The van der Waals surface area contributed by atoms with Crippen LogP contribution in [0.25, 0.3) is 0 Å². The van der Waals surface area contributed by atoms with Crippen molar-refractivity contribution in [2.24, 2.45) is 0 Å². The van der Waals surface area contributed by atoms with Gasteiger partial charge in [0, 0.05) is 24.4 Å². The second-order valence-electron chi connectivity index (χ2n) is 5.17. The summed E-state index contributed by atoms with van der Waals surface area (Å²) < 4.78 is 13.4. The molecular formula is C17H20ClFN2. The molecule has 0 aliphatic carbocycles. The average Bonchev–Trinajstić information content (AvgIpc) is 2.51. The third-order valence-corrected chi connectivity index (χ3v) is 3.94. The standard InChI is InChI=1S/C17H20ClFN2/c1-3-8-21-17(12(2)13-6-9-20-10-7-13)14-4-5-16(19)15(18)11-14/h4-7,9-12,17,21H,3,8H2,1-2H3. The summed E-state index contributed by atoms with van der Waals surface area (Å²) in [5.74, 6) is -0.146. The van der Waals surface area contributed by atoms with Crippen LogP contribution in [0, 0.1) is 5.82 Å². The highest BCUT2D eigenvalue weighted by atomic mass is 35.5. The Morgan fingerprint density at radius 1 is 1.19 bits per heavy atom. The molecule has 1 heterocycles. The van der Waals surface area contributed by atoms with E-state index in [0.29, 0.717) is 0 Å². The molecule has 2 nitrogen and oxygen atoms in total. The van der Waals surface area contributed by atoms with Crippen LogP contribution in [0.4, 0.5) is 4.39 Å². The minimum absolute atomic E-state index is 0.0884. The number of nitrogens with zero attached hydrogens (tertiary/aromatic N) is 1. The van der Waals surface area contributed by atoms with Gasteiger partial charge in [-0.05, 0) is 48.4 Å². The van der Waals surface area contributed by atoms with E-state index in [1.807, 2.05) is 12.1 Å². The van der Waals surface area contributed by atoms with Crippen LogP contribution in [-0.2, 0) is 0 Å². The van der Waals surface area contributed by atoms with Crippen molar-refractivity contribution in [2.45, 2.75) is 32.2 Å². The minimum atomic E-state index is -0.383. The van der Waals surface area contributed by atoms with E-state index >= 15 is 0 Å². The summed E-state index contributed by atoms with van der Waals surface area (Å²) in [4.78, 5) is 4.06. The molecule has 2 atom stereocenters. The van der Waals surface area contributed by atoms with E-state index in [9.17, 15) is 4.39 Å². The molecule has 0 fully saturated rings. The lowest BCUT2D eigenvalue weighted by Gasteiger charge is -2.26. The zero-order chi connectivity index (χ0) is 15.2. The Balaban J connectivity index is 2.31. The maximum Gasteiger partial charge on any atom is 0.141 e. The number of aromatic nitrogens is 1. The first-order valence-corrected chi connectivity index (χ1v) is 7.59. The van der Waals surface area contributed by atoms with Gasteiger partial charge in [-0.25, -0.2) is 4.39 Å². The van der Waals surface area contributed by atoms with E-state index in [1.165, 1.54) is 11.6 Å². The largest absolute Gasteiger partial charge is 0.309 e. The molecule has 21 heavy (non-hydrogen) atoms. The van der Waals surface area contributed by atoms with Crippen molar-refractivity contribution in [1.29, 1.82) is 0 Å². The monoisotopic (exact) mass is 306 g/mol. The summed E-state index contributed by atoms with van der Waals surface area (Å²) in [6.45, 7) is 5.17. The van der Waals surface area contributed by atoms with Gasteiger partial charge in [-0.15, -0.1) is 0 Å². The number of hydrogen-bond acceptors (Lipinski definition) is 2. The molecule has 0 amide bonds. The van der Waals surface area contributed by atoms with Crippen LogP contribution in [0.2, 0.25) is 5.02 Å². The van der Waals surface area contributed by atoms with Crippen LogP contribution in [0.15, 0.2) is 42.7 Å². The smallest absolute Gasteiger partial charge is 0.141 e. The van der Waals surface area contributed by atoms with Crippen molar-refractivity contribution in [3.63, 3.8) is 0 Å². The predicted molar refractivity (Wildman–Crippen MR) is 85.1 cm³/mol.